The Kier molecular flexibility index (Phi) is 6.84. The summed E-state index contributed by atoms with van der Waals surface area (Å²) in [6.45, 7) is 4.55. The van der Waals surface area contributed by atoms with Gasteiger partial charge in [0.05, 0.1) is 12.0 Å². The SMILES string of the molecule is CCCNC(=O)[C@H](C)N[C@@H]1CCCCC[C@@H]1C(N)=O. The lowest BCUT2D eigenvalue weighted by atomic mass is 9.93. The van der Waals surface area contributed by atoms with E-state index in [1.807, 2.05) is 13.8 Å². The van der Waals surface area contributed by atoms with Gasteiger partial charge in [-0.3, -0.25) is 9.59 Å². The third-order valence-corrected chi connectivity index (χ3v) is 3.79. The van der Waals surface area contributed by atoms with Crippen LogP contribution in [0.1, 0.15) is 52.4 Å². The Balaban J connectivity index is 2.55. The maximum atomic E-state index is 11.8. The van der Waals surface area contributed by atoms with E-state index >= 15 is 0 Å². The molecule has 0 heterocycles. The van der Waals surface area contributed by atoms with E-state index in [0.29, 0.717) is 6.54 Å². The van der Waals surface area contributed by atoms with Crippen molar-refractivity contribution < 1.29 is 9.59 Å². The second kappa shape index (κ2) is 8.15. The van der Waals surface area contributed by atoms with Crippen LogP contribution in [0.15, 0.2) is 0 Å². The van der Waals surface area contributed by atoms with Crippen molar-refractivity contribution in [1.29, 1.82) is 0 Å². The molecule has 0 aliphatic heterocycles. The van der Waals surface area contributed by atoms with Gasteiger partial charge in [0.1, 0.15) is 0 Å². The van der Waals surface area contributed by atoms with E-state index in [-0.39, 0.29) is 29.8 Å². The molecule has 110 valence electrons. The first kappa shape index (κ1) is 16.0. The Hall–Kier alpha value is -1.10. The van der Waals surface area contributed by atoms with E-state index in [1.54, 1.807) is 0 Å². The molecule has 1 rings (SSSR count). The van der Waals surface area contributed by atoms with Crippen LogP contribution in [-0.4, -0.2) is 30.4 Å². The lowest BCUT2D eigenvalue weighted by molar-refractivity contribution is -0.125. The summed E-state index contributed by atoms with van der Waals surface area (Å²) in [5.41, 5.74) is 5.48. The molecule has 0 aromatic rings. The molecule has 5 nitrogen and oxygen atoms in total. The van der Waals surface area contributed by atoms with E-state index < -0.39 is 0 Å². The number of carbonyl (C=O) groups is 2. The summed E-state index contributed by atoms with van der Waals surface area (Å²) in [7, 11) is 0. The monoisotopic (exact) mass is 269 g/mol. The normalized spacial score (nSPS) is 25.4. The minimum Gasteiger partial charge on any atom is -0.369 e. The molecular formula is C14H27N3O2. The highest BCUT2D eigenvalue weighted by Crippen LogP contribution is 2.23. The summed E-state index contributed by atoms with van der Waals surface area (Å²) < 4.78 is 0. The maximum absolute atomic E-state index is 11.8. The van der Waals surface area contributed by atoms with Crippen LogP contribution in [0.25, 0.3) is 0 Å². The van der Waals surface area contributed by atoms with Crippen molar-refractivity contribution in [2.24, 2.45) is 11.7 Å². The van der Waals surface area contributed by atoms with Crippen LogP contribution in [0.3, 0.4) is 0 Å². The molecule has 3 atom stereocenters. The van der Waals surface area contributed by atoms with Gasteiger partial charge < -0.3 is 16.4 Å². The molecule has 5 heteroatoms. The number of hydrogen-bond acceptors (Lipinski definition) is 3. The Morgan fingerprint density at radius 2 is 1.95 bits per heavy atom. The summed E-state index contributed by atoms with van der Waals surface area (Å²) in [6.07, 6.45) is 5.94. The average Bonchev–Trinajstić information content (AvgIpc) is 2.61. The fourth-order valence-corrected chi connectivity index (χ4v) is 2.65. The van der Waals surface area contributed by atoms with Gasteiger partial charge in [0.15, 0.2) is 0 Å². The largest absolute Gasteiger partial charge is 0.369 e. The summed E-state index contributed by atoms with van der Waals surface area (Å²) in [6, 6.07) is -0.251. The molecule has 0 aromatic carbocycles. The van der Waals surface area contributed by atoms with E-state index in [1.165, 1.54) is 0 Å². The first-order valence-electron chi connectivity index (χ1n) is 7.39. The minimum atomic E-state index is -0.281. The number of amides is 2. The van der Waals surface area contributed by atoms with Crippen LogP contribution in [0.4, 0.5) is 0 Å². The van der Waals surface area contributed by atoms with Gasteiger partial charge in [-0.2, -0.15) is 0 Å². The molecule has 0 radical (unpaired) electrons. The molecule has 0 spiro atoms. The molecule has 4 N–H and O–H groups in total. The molecule has 1 aliphatic carbocycles. The second-order valence-electron chi connectivity index (χ2n) is 5.43. The van der Waals surface area contributed by atoms with Gasteiger partial charge >= 0.3 is 0 Å². The number of rotatable bonds is 6. The highest BCUT2D eigenvalue weighted by molar-refractivity contribution is 5.81. The smallest absolute Gasteiger partial charge is 0.236 e. The molecule has 0 saturated heterocycles. The van der Waals surface area contributed by atoms with Gasteiger partial charge in [-0.15, -0.1) is 0 Å². The predicted molar refractivity (Wildman–Crippen MR) is 75.5 cm³/mol. The quantitative estimate of drug-likeness (QED) is 0.627. The van der Waals surface area contributed by atoms with Crippen LogP contribution in [0.2, 0.25) is 0 Å². The molecule has 1 saturated carbocycles. The average molecular weight is 269 g/mol. The fourth-order valence-electron chi connectivity index (χ4n) is 2.65. The zero-order valence-electron chi connectivity index (χ0n) is 12.1. The Labute approximate surface area is 115 Å². The Morgan fingerprint density at radius 3 is 2.58 bits per heavy atom. The van der Waals surface area contributed by atoms with E-state index in [0.717, 1.165) is 38.5 Å². The zero-order valence-corrected chi connectivity index (χ0v) is 12.1. The summed E-state index contributed by atoms with van der Waals surface area (Å²) in [4.78, 5) is 23.4. The molecule has 1 aliphatic rings. The van der Waals surface area contributed by atoms with Gasteiger partial charge in [-0.05, 0) is 26.2 Å². The van der Waals surface area contributed by atoms with Crippen LogP contribution in [-0.2, 0) is 9.59 Å². The van der Waals surface area contributed by atoms with Crippen LogP contribution >= 0.6 is 0 Å². The summed E-state index contributed by atoms with van der Waals surface area (Å²) >= 11 is 0. The predicted octanol–water partition coefficient (Wildman–Crippen LogP) is 0.925. The topological polar surface area (TPSA) is 84.2 Å². The first-order chi connectivity index (χ1) is 9.06. The van der Waals surface area contributed by atoms with E-state index in [9.17, 15) is 9.59 Å². The lowest BCUT2D eigenvalue weighted by Crippen LogP contribution is -2.51. The Bertz CT molecular complexity index is 307. The molecule has 2 amide bonds. The van der Waals surface area contributed by atoms with Crippen molar-refractivity contribution in [3.8, 4) is 0 Å². The van der Waals surface area contributed by atoms with Gasteiger partial charge in [0.2, 0.25) is 11.8 Å². The lowest BCUT2D eigenvalue weighted by Gasteiger charge is -2.26. The number of nitrogens with one attached hydrogen (secondary N) is 2. The Morgan fingerprint density at radius 1 is 1.26 bits per heavy atom. The van der Waals surface area contributed by atoms with Crippen LogP contribution in [0.5, 0.6) is 0 Å². The van der Waals surface area contributed by atoms with E-state index in [2.05, 4.69) is 10.6 Å². The maximum Gasteiger partial charge on any atom is 0.236 e. The van der Waals surface area contributed by atoms with Crippen molar-refractivity contribution in [1.82, 2.24) is 10.6 Å². The van der Waals surface area contributed by atoms with Crippen molar-refractivity contribution >= 4 is 11.8 Å². The molecular weight excluding hydrogens is 242 g/mol. The van der Waals surface area contributed by atoms with Gasteiger partial charge in [0, 0.05) is 12.6 Å². The van der Waals surface area contributed by atoms with Crippen LogP contribution in [0, 0.1) is 5.92 Å². The van der Waals surface area contributed by atoms with Gasteiger partial charge in [-0.1, -0.05) is 26.2 Å². The highest BCUT2D eigenvalue weighted by Gasteiger charge is 2.30. The van der Waals surface area contributed by atoms with Crippen molar-refractivity contribution in [3.63, 3.8) is 0 Å². The van der Waals surface area contributed by atoms with Crippen molar-refractivity contribution in [3.05, 3.63) is 0 Å². The third kappa shape index (κ3) is 5.19. The number of primary amides is 1. The van der Waals surface area contributed by atoms with Crippen LogP contribution < -0.4 is 16.4 Å². The third-order valence-electron chi connectivity index (χ3n) is 3.79. The number of carbonyl (C=O) groups excluding carboxylic acids is 2. The highest BCUT2D eigenvalue weighted by atomic mass is 16.2. The standard InChI is InChI=1S/C14H27N3O2/c1-3-9-16-14(19)10(2)17-12-8-6-4-5-7-11(12)13(15)18/h10-12,17H,3-9H2,1-2H3,(H2,15,18)(H,16,19)/t10-,11-,12+/m0/s1. The first-order valence-corrected chi connectivity index (χ1v) is 7.39. The van der Waals surface area contributed by atoms with Gasteiger partial charge in [-0.25, -0.2) is 0 Å². The molecule has 0 bridgehead atoms. The minimum absolute atomic E-state index is 0.00526. The summed E-state index contributed by atoms with van der Waals surface area (Å²) in [5, 5.41) is 6.15. The van der Waals surface area contributed by atoms with E-state index in [4.69, 9.17) is 5.73 Å². The molecule has 0 aromatic heterocycles. The fraction of sp³-hybridized carbons (Fsp3) is 0.857. The zero-order chi connectivity index (χ0) is 14.3. The number of nitrogens with two attached hydrogens (primary N) is 1. The van der Waals surface area contributed by atoms with Crippen molar-refractivity contribution in [2.45, 2.75) is 64.5 Å². The van der Waals surface area contributed by atoms with Gasteiger partial charge in [0.25, 0.3) is 0 Å². The number of hydrogen-bond donors (Lipinski definition) is 3. The van der Waals surface area contributed by atoms with Crippen molar-refractivity contribution in [2.75, 3.05) is 6.54 Å². The second-order valence-corrected chi connectivity index (χ2v) is 5.43. The molecule has 1 fully saturated rings. The molecule has 19 heavy (non-hydrogen) atoms. The summed E-state index contributed by atoms with van der Waals surface area (Å²) in [5.74, 6) is -0.404. The molecule has 0 unspecified atom stereocenters.